The van der Waals surface area contributed by atoms with Crippen LogP contribution in [0.25, 0.3) is 0 Å². The van der Waals surface area contributed by atoms with Gasteiger partial charge in [-0.15, -0.1) is 0 Å². The molecule has 0 aromatic heterocycles. The molecule has 16 heavy (non-hydrogen) atoms. The van der Waals surface area contributed by atoms with Crippen LogP contribution in [-0.4, -0.2) is 19.7 Å². The number of benzene rings is 1. The average molecular weight is 295 g/mol. The highest BCUT2D eigenvalue weighted by Crippen LogP contribution is 2.33. The summed E-state index contributed by atoms with van der Waals surface area (Å²) in [6.45, 7) is -1.34. The van der Waals surface area contributed by atoms with Crippen LogP contribution in [0.3, 0.4) is 0 Å². The number of carbonyl (C=O) groups excluding carboxylic acids is 1. The summed E-state index contributed by atoms with van der Waals surface area (Å²) >= 11 is 3.04. The molecule has 0 heterocycles. The first kappa shape index (κ1) is 12.9. The van der Waals surface area contributed by atoms with Gasteiger partial charge in [0, 0.05) is 0 Å². The van der Waals surface area contributed by atoms with E-state index in [1.54, 1.807) is 6.92 Å². The number of rotatable bonds is 3. The summed E-state index contributed by atoms with van der Waals surface area (Å²) in [5, 5.41) is 0. The van der Waals surface area contributed by atoms with Gasteiger partial charge in [-0.2, -0.15) is 8.78 Å². The topological polar surface area (TPSA) is 35.5 Å². The van der Waals surface area contributed by atoms with Crippen LogP contribution >= 0.6 is 15.9 Å². The zero-order valence-electron chi connectivity index (χ0n) is 8.59. The maximum Gasteiger partial charge on any atom is 0.387 e. The van der Waals surface area contributed by atoms with Crippen molar-refractivity contribution in [2.45, 2.75) is 13.5 Å². The standard InChI is InChI=1S/C10H9BrF2O3/c1-5-3-4-6(9(14)15-2)7(11)8(5)16-10(12)13/h3-4,10H,1-2H3. The molecule has 0 bridgehead atoms. The summed E-state index contributed by atoms with van der Waals surface area (Å²) in [5.74, 6) is -0.677. The Morgan fingerprint density at radius 2 is 2.06 bits per heavy atom. The van der Waals surface area contributed by atoms with E-state index in [2.05, 4.69) is 25.4 Å². The third kappa shape index (κ3) is 2.69. The minimum atomic E-state index is -2.94. The number of aryl methyl sites for hydroxylation is 1. The van der Waals surface area contributed by atoms with E-state index >= 15 is 0 Å². The quantitative estimate of drug-likeness (QED) is 0.804. The second-order valence-electron chi connectivity index (χ2n) is 2.94. The SMILES string of the molecule is COC(=O)c1ccc(C)c(OC(F)F)c1Br. The fourth-order valence-electron chi connectivity index (χ4n) is 1.15. The largest absolute Gasteiger partial charge is 0.465 e. The predicted molar refractivity (Wildman–Crippen MR) is 56.9 cm³/mol. The van der Waals surface area contributed by atoms with Gasteiger partial charge in [0.25, 0.3) is 0 Å². The number of halogens is 3. The number of ether oxygens (including phenoxy) is 2. The van der Waals surface area contributed by atoms with Crippen molar-refractivity contribution < 1.29 is 23.0 Å². The van der Waals surface area contributed by atoms with Crippen molar-refractivity contribution in [3.05, 3.63) is 27.7 Å². The van der Waals surface area contributed by atoms with E-state index in [0.717, 1.165) is 0 Å². The van der Waals surface area contributed by atoms with E-state index < -0.39 is 12.6 Å². The van der Waals surface area contributed by atoms with Crippen molar-refractivity contribution in [2.24, 2.45) is 0 Å². The fourth-order valence-corrected chi connectivity index (χ4v) is 1.85. The Labute approximate surface area is 99.5 Å². The molecule has 88 valence electrons. The lowest BCUT2D eigenvalue weighted by Gasteiger charge is -2.12. The van der Waals surface area contributed by atoms with Crippen LogP contribution in [-0.2, 0) is 4.74 Å². The van der Waals surface area contributed by atoms with Crippen molar-refractivity contribution in [2.75, 3.05) is 7.11 Å². The average Bonchev–Trinajstić information content (AvgIpc) is 2.23. The molecule has 0 N–H and O–H groups in total. The number of esters is 1. The normalized spacial score (nSPS) is 10.4. The molecular weight excluding hydrogens is 286 g/mol. The van der Waals surface area contributed by atoms with Crippen LogP contribution in [0.1, 0.15) is 15.9 Å². The molecule has 3 nitrogen and oxygen atoms in total. The predicted octanol–water partition coefficient (Wildman–Crippen LogP) is 3.15. The monoisotopic (exact) mass is 294 g/mol. The van der Waals surface area contributed by atoms with E-state index in [0.29, 0.717) is 5.56 Å². The number of hydrogen-bond acceptors (Lipinski definition) is 3. The van der Waals surface area contributed by atoms with E-state index in [1.165, 1.54) is 19.2 Å². The Kier molecular flexibility index (Phi) is 4.23. The molecule has 0 aliphatic heterocycles. The van der Waals surface area contributed by atoms with Gasteiger partial charge < -0.3 is 9.47 Å². The molecule has 1 rings (SSSR count). The third-order valence-electron chi connectivity index (χ3n) is 1.91. The third-order valence-corrected chi connectivity index (χ3v) is 2.69. The molecule has 0 fully saturated rings. The van der Waals surface area contributed by atoms with E-state index in [1.807, 2.05) is 0 Å². The van der Waals surface area contributed by atoms with Crippen LogP contribution in [0.15, 0.2) is 16.6 Å². The first-order valence-corrected chi connectivity index (χ1v) is 5.09. The van der Waals surface area contributed by atoms with Crippen molar-refractivity contribution in [3.8, 4) is 5.75 Å². The van der Waals surface area contributed by atoms with Crippen molar-refractivity contribution in [1.29, 1.82) is 0 Å². The summed E-state index contributed by atoms with van der Waals surface area (Å²) in [4.78, 5) is 11.3. The Morgan fingerprint density at radius 1 is 1.44 bits per heavy atom. The highest BCUT2D eigenvalue weighted by Gasteiger charge is 2.18. The molecule has 0 amide bonds. The fraction of sp³-hybridized carbons (Fsp3) is 0.300. The number of carbonyl (C=O) groups is 1. The summed E-state index contributed by atoms with van der Waals surface area (Å²) in [6, 6.07) is 2.98. The van der Waals surface area contributed by atoms with Crippen molar-refractivity contribution in [1.82, 2.24) is 0 Å². The number of hydrogen-bond donors (Lipinski definition) is 0. The summed E-state index contributed by atoms with van der Waals surface area (Å²) < 4.78 is 33.3. The zero-order chi connectivity index (χ0) is 12.3. The van der Waals surface area contributed by atoms with Gasteiger partial charge in [-0.25, -0.2) is 4.79 Å². The molecule has 0 aliphatic carbocycles. The first-order valence-electron chi connectivity index (χ1n) is 4.29. The molecule has 6 heteroatoms. The molecule has 0 unspecified atom stereocenters. The Hall–Kier alpha value is -1.17. The van der Waals surface area contributed by atoms with Gasteiger partial charge in [-0.1, -0.05) is 6.07 Å². The first-order chi connectivity index (χ1) is 7.47. The Balaban J connectivity index is 3.21. The lowest BCUT2D eigenvalue weighted by Crippen LogP contribution is -2.08. The van der Waals surface area contributed by atoms with Crippen molar-refractivity contribution in [3.63, 3.8) is 0 Å². The van der Waals surface area contributed by atoms with Crippen LogP contribution in [0.5, 0.6) is 5.75 Å². The van der Waals surface area contributed by atoms with Gasteiger partial charge in [-0.3, -0.25) is 0 Å². The van der Waals surface area contributed by atoms with E-state index in [9.17, 15) is 13.6 Å². The molecule has 0 aliphatic rings. The van der Waals surface area contributed by atoms with Crippen molar-refractivity contribution >= 4 is 21.9 Å². The molecule has 0 saturated carbocycles. The molecule has 0 atom stereocenters. The molecule has 0 saturated heterocycles. The highest BCUT2D eigenvalue weighted by molar-refractivity contribution is 9.10. The Morgan fingerprint density at radius 3 is 2.56 bits per heavy atom. The van der Waals surface area contributed by atoms with Crippen LogP contribution < -0.4 is 4.74 Å². The van der Waals surface area contributed by atoms with Gasteiger partial charge in [-0.05, 0) is 34.5 Å². The second-order valence-corrected chi connectivity index (χ2v) is 3.74. The van der Waals surface area contributed by atoms with Crippen LogP contribution in [0.4, 0.5) is 8.78 Å². The molecule has 1 aromatic carbocycles. The van der Waals surface area contributed by atoms with Gasteiger partial charge in [0.15, 0.2) is 0 Å². The highest BCUT2D eigenvalue weighted by atomic mass is 79.9. The van der Waals surface area contributed by atoms with Gasteiger partial charge in [0.05, 0.1) is 17.1 Å². The summed E-state index contributed by atoms with van der Waals surface area (Å²) in [5.41, 5.74) is 0.642. The van der Waals surface area contributed by atoms with Gasteiger partial charge in [0.2, 0.25) is 0 Å². The molecule has 0 radical (unpaired) electrons. The van der Waals surface area contributed by atoms with Crippen LogP contribution in [0.2, 0.25) is 0 Å². The lowest BCUT2D eigenvalue weighted by atomic mass is 10.1. The van der Waals surface area contributed by atoms with E-state index in [-0.39, 0.29) is 15.8 Å². The molecular formula is C10H9BrF2O3. The van der Waals surface area contributed by atoms with Crippen LogP contribution in [0, 0.1) is 6.92 Å². The molecule has 0 spiro atoms. The molecule has 1 aromatic rings. The minimum Gasteiger partial charge on any atom is -0.465 e. The Bertz CT molecular complexity index is 407. The van der Waals surface area contributed by atoms with E-state index in [4.69, 9.17) is 0 Å². The minimum absolute atomic E-state index is 0.0575. The second kappa shape index (κ2) is 5.25. The number of methoxy groups -OCH3 is 1. The maximum absolute atomic E-state index is 12.1. The lowest BCUT2D eigenvalue weighted by molar-refractivity contribution is -0.0508. The van der Waals surface area contributed by atoms with Gasteiger partial charge >= 0.3 is 12.6 Å². The maximum atomic E-state index is 12.1. The number of alkyl halides is 2. The summed E-state index contributed by atoms with van der Waals surface area (Å²) in [6.07, 6.45) is 0. The zero-order valence-corrected chi connectivity index (χ0v) is 10.2. The smallest absolute Gasteiger partial charge is 0.387 e. The van der Waals surface area contributed by atoms with Gasteiger partial charge in [0.1, 0.15) is 5.75 Å². The summed E-state index contributed by atoms with van der Waals surface area (Å²) in [7, 11) is 1.21.